The minimum atomic E-state index is 0.850. The number of rotatable bonds is 20. The SMILES string of the molecule is CC(C)CCCCCCCCCc1cnc(-c2ccc(CCCCCCCCC(C)C)cc2)nc1. The van der Waals surface area contributed by atoms with Gasteiger partial charge in [-0.05, 0) is 48.6 Å². The Labute approximate surface area is 217 Å². The summed E-state index contributed by atoms with van der Waals surface area (Å²) in [7, 11) is 0. The first-order chi connectivity index (χ1) is 17.0. The van der Waals surface area contributed by atoms with Crippen LogP contribution in [0.15, 0.2) is 36.7 Å². The maximum absolute atomic E-state index is 4.65. The standard InChI is InChI=1S/C33H54N2/c1-28(2)18-14-10-6-5-7-13-17-21-31-26-34-33(35-27-31)32-24-22-30(23-25-32)20-16-12-9-8-11-15-19-29(3)4/h22-29H,5-21H2,1-4H3. The topological polar surface area (TPSA) is 25.8 Å². The van der Waals surface area contributed by atoms with Gasteiger partial charge in [0.15, 0.2) is 5.82 Å². The zero-order valence-electron chi connectivity index (χ0n) is 23.5. The van der Waals surface area contributed by atoms with Crippen molar-refractivity contribution in [2.75, 3.05) is 0 Å². The molecule has 2 nitrogen and oxygen atoms in total. The third-order valence-electron chi connectivity index (χ3n) is 7.16. The molecule has 0 spiro atoms. The average molecular weight is 479 g/mol. The summed E-state index contributed by atoms with van der Waals surface area (Å²) in [5.74, 6) is 2.56. The normalized spacial score (nSPS) is 11.6. The highest BCUT2D eigenvalue weighted by Gasteiger charge is 2.03. The van der Waals surface area contributed by atoms with E-state index in [2.05, 4.69) is 61.9 Å². The monoisotopic (exact) mass is 478 g/mol. The van der Waals surface area contributed by atoms with E-state index in [4.69, 9.17) is 0 Å². The van der Waals surface area contributed by atoms with Crippen LogP contribution in [0.25, 0.3) is 11.4 Å². The maximum Gasteiger partial charge on any atom is 0.159 e. The van der Waals surface area contributed by atoms with Gasteiger partial charge in [-0.15, -0.1) is 0 Å². The van der Waals surface area contributed by atoms with E-state index in [9.17, 15) is 0 Å². The Hall–Kier alpha value is -1.70. The molecule has 0 aliphatic heterocycles. The largest absolute Gasteiger partial charge is 0.236 e. The van der Waals surface area contributed by atoms with Crippen LogP contribution in [-0.4, -0.2) is 9.97 Å². The second-order valence-electron chi connectivity index (χ2n) is 11.6. The van der Waals surface area contributed by atoms with Gasteiger partial charge in [-0.1, -0.05) is 135 Å². The lowest BCUT2D eigenvalue weighted by molar-refractivity contribution is 0.509. The molecule has 0 amide bonds. The summed E-state index contributed by atoms with van der Waals surface area (Å²) in [6, 6.07) is 8.91. The number of benzene rings is 1. The van der Waals surface area contributed by atoms with Crippen LogP contribution in [0.1, 0.15) is 135 Å². The number of hydrogen-bond donors (Lipinski definition) is 0. The van der Waals surface area contributed by atoms with Crippen LogP contribution in [-0.2, 0) is 12.8 Å². The number of hydrogen-bond acceptors (Lipinski definition) is 2. The van der Waals surface area contributed by atoms with Crippen LogP contribution >= 0.6 is 0 Å². The van der Waals surface area contributed by atoms with Crippen molar-refractivity contribution in [1.29, 1.82) is 0 Å². The average Bonchev–Trinajstić information content (AvgIpc) is 2.85. The molecule has 0 unspecified atom stereocenters. The molecule has 2 rings (SSSR count). The summed E-state index contributed by atoms with van der Waals surface area (Å²) in [5.41, 5.74) is 3.83. The number of aryl methyl sites for hydroxylation is 2. The van der Waals surface area contributed by atoms with Crippen molar-refractivity contribution in [3.63, 3.8) is 0 Å². The van der Waals surface area contributed by atoms with E-state index >= 15 is 0 Å². The molecule has 0 saturated carbocycles. The second-order valence-corrected chi connectivity index (χ2v) is 11.6. The predicted molar refractivity (Wildman–Crippen MR) is 154 cm³/mol. The predicted octanol–water partition coefficient (Wildman–Crippen LogP) is 10.4. The molecule has 2 heteroatoms. The van der Waals surface area contributed by atoms with Crippen LogP contribution in [0.5, 0.6) is 0 Å². The van der Waals surface area contributed by atoms with Gasteiger partial charge in [-0.2, -0.15) is 0 Å². The van der Waals surface area contributed by atoms with E-state index in [0.717, 1.165) is 29.6 Å². The van der Waals surface area contributed by atoms with Crippen molar-refractivity contribution in [3.05, 3.63) is 47.8 Å². The van der Waals surface area contributed by atoms with Crippen molar-refractivity contribution >= 4 is 0 Å². The van der Waals surface area contributed by atoms with Gasteiger partial charge in [0.05, 0.1) is 0 Å². The van der Waals surface area contributed by atoms with Gasteiger partial charge in [0.2, 0.25) is 0 Å². The highest BCUT2D eigenvalue weighted by Crippen LogP contribution is 2.18. The zero-order valence-corrected chi connectivity index (χ0v) is 23.5. The smallest absolute Gasteiger partial charge is 0.159 e. The molecule has 1 heterocycles. The number of nitrogens with zero attached hydrogens (tertiary/aromatic N) is 2. The molecular weight excluding hydrogens is 424 g/mol. The van der Waals surface area contributed by atoms with Crippen molar-refractivity contribution in [2.45, 2.75) is 137 Å². The third kappa shape index (κ3) is 14.5. The minimum absolute atomic E-state index is 0.850. The molecule has 2 aromatic rings. The fraction of sp³-hybridized carbons (Fsp3) is 0.697. The van der Waals surface area contributed by atoms with Crippen LogP contribution in [0.2, 0.25) is 0 Å². The fourth-order valence-corrected chi connectivity index (χ4v) is 4.81. The molecule has 0 saturated heterocycles. The first-order valence-corrected chi connectivity index (χ1v) is 14.9. The highest BCUT2D eigenvalue weighted by molar-refractivity contribution is 5.55. The van der Waals surface area contributed by atoms with Gasteiger partial charge >= 0.3 is 0 Å². The lowest BCUT2D eigenvalue weighted by Crippen LogP contribution is -1.94. The Kier molecular flexibility index (Phi) is 15.7. The Bertz CT molecular complexity index is 746. The summed E-state index contributed by atoms with van der Waals surface area (Å²) >= 11 is 0. The summed E-state index contributed by atoms with van der Waals surface area (Å²) in [4.78, 5) is 9.30. The first-order valence-electron chi connectivity index (χ1n) is 14.9. The molecule has 0 fully saturated rings. The van der Waals surface area contributed by atoms with E-state index in [0.29, 0.717) is 0 Å². The van der Waals surface area contributed by atoms with E-state index in [1.165, 1.54) is 114 Å². The summed E-state index contributed by atoms with van der Waals surface area (Å²) in [6.45, 7) is 9.30. The van der Waals surface area contributed by atoms with Gasteiger partial charge in [0.1, 0.15) is 0 Å². The molecule has 0 atom stereocenters. The molecular formula is C33H54N2. The van der Waals surface area contributed by atoms with Crippen molar-refractivity contribution in [2.24, 2.45) is 11.8 Å². The van der Waals surface area contributed by atoms with Crippen LogP contribution in [0.4, 0.5) is 0 Å². The highest BCUT2D eigenvalue weighted by atomic mass is 14.9. The fourth-order valence-electron chi connectivity index (χ4n) is 4.81. The van der Waals surface area contributed by atoms with Crippen molar-refractivity contribution in [1.82, 2.24) is 9.97 Å². The first kappa shape index (κ1) is 29.5. The summed E-state index contributed by atoms with van der Waals surface area (Å²) < 4.78 is 0. The quantitative estimate of drug-likeness (QED) is 0.177. The van der Waals surface area contributed by atoms with Gasteiger partial charge in [-0.3, -0.25) is 0 Å². The lowest BCUT2D eigenvalue weighted by Gasteiger charge is -2.06. The Morgan fingerprint density at radius 3 is 1.34 bits per heavy atom. The molecule has 1 aromatic heterocycles. The minimum Gasteiger partial charge on any atom is -0.236 e. The van der Waals surface area contributed by atoms with Crippen molar-refractivity contribution < 1.29 is 0 Å². The van der Waals surface area contributed by atoms with E-state index in [-0.39, 0.29) is 0 Å². The van der Waals surface area contributed by atoms with E-state index in [1.807, 2.05) is 12.4 Å². The molecule has 0 aliphatic rings. The Morgan fingerprint density at radius 1 is 0.486 bits per heavy atom. The zero-order chi connectivity index (χ0) is 25.1. The van der Waals surface area contributed by atoms with Crippen LogP contribution in [0, 0.1) is 11.8 Å². The molecule has 35 heavy (non-hydrogen) atoms. The second kappa shape index (κ2) is 18.6. The lowest BCUT2D eigenvalue weighted by atomic mass is 10.0. The molecule has 0 bridgehead atoms. The van der Waals surface area contributed by atoms with Gasteiger partial charge in [0, 0.05) is 18.0 Å². The van der Waals surface area contributed by atoms with Crippen LogP contribution in [0.3, 0.4) is 0 Å². The molecule has 0 radical (unpaired) electrons. The van der Waals surface area contributed by atoms with Crippen molar-refractivity contribution in [3.8, 4) is 11.4 Å². The van der Waals surface area contributed by atoms with Gasteiger partial charge < -0.3 is 0 Å². The van der Waals surface area contributed by atoms with Gasteiger partial charge in [-0.25, -0.2) is 9.97 Å². The molecule has 196 valence electrons. The Morgan fingerprint density at radius 2 is 0.886 bits per heavy atom. The van der Waals surface area contributed by atoms with Gasteiger partial charge in [0.25, 0.3) is 0 Å². The number of unbranched alkanes of at least 4 members (excludes halogenated alkanes) is 11. The third-order valence-corrected chi connectivity index (χ3v) is 7.16. The summed E-state index contributed by atoms with van der Waals surface area (Å²) in [5, 5.41) is 0. The maximum atomic E-state index is 4.65. The molecule has 0 aliphatic carbocycles. The molecule has 0 N–H and O–H groups in total. The molecule has 1 aromatic carbocycles. The Balaban J connectivity index is 1.56. The number of aromatic nitrogens is 2. The van der Waals surface area contributed by atoms with E-state index in [1.54, 1.807) is 0 Å². The van der Waals surface area contributed by atoms with E-state index < -0.39 is 0 Å². The van der Waals surface area contributed by atoms with Crippen LogP contribution < -0.4 is 0 Å². The summed E-state index contributed by atoms with van der Waals surface area (Å²) in [6.07, 6.45) is 26.9.